The molecular formula is C28H26ClNO4. The summed E-state index contributed by atoms with van der Waals surface area (Å²) < 4.78 is 17.2. The molecule has 5 nitrogen and oxygen atoms in total. The summed E-state index contributed by atoms with van der Waals surface area (Å²) in [5.74, 6) is 1.45. The SMILES string of the molecule is COc1ccc(CCN2COc3c(Cl)cc4c(C)c(Cc5ccccc5)c(=O)oc4c3C2)cc1. The van der Waals surface area contributed by atoms with E-state index in [1.54, 1.807) is 7.11 Å². The maximum Gasteiger partial charge on any atom is 0.340 e. The van der Waals surface area contributed by atoms with E-state index >= 15 is 0 Å². The van der Waals surface area contributed by atoms with Gasteiger partial charge in [-0.1, -0.05) is 54.1 Å². The predicted octanol–water partition coefficient (Wildman–Crippen LogP) is 5.75. The van der Waals surface area contributed by atoms with Gasteiger partial charge in [0, 0.05) is 30.5 Å². The molecule has 1 aliphatic heterocycles. The van der Waals surface area contributed by atoms with Crippen LogP contribution in [0.15, 0.2) is 69.9 Å². The Labute approximate surface area is 203 Å². The third-order valence-corrected chi connectivity index (χ3v) is 6.73. The molecule has 0 amide bonds. The van der Waals surface area contributed by atoms with Gasteiger partial charge in [-0.05, 0) is 48.2 Å². The first-order valence-corrected chi connectivity index (χ1v) is 11.7. The highest BCUT2D eigenvalue weighted by atomic mass is 35.5. The lowest BCUT2D eigenvalue weighted by molar-refractivity contribution is 0.0968. The van der Waals surface area contributed by atoms with Crippen LogP contribution in [0.2, 0.25) is 5.02 Å². The van der Waals surface area contributed by atoms with Gasteiger partial charge in [-0.2, -0.15) is 0 Å². The molecule has 4 aromatic rings. The van der Waals surface area contributed by atoms with E-state index in [1.165, 1.54) is 5.56 Å². The largest absolute Gasteiger partial charge is 0.497 e. The van der Waals surface area contributed by atoms with Crippen molar-refractivity contribution in [1.29, 1.82) is 0 Å². The summed E-state index contributed by atoms with van der Waals surface area (Å²) >= 11 is 6.62. The Balaban J connectivity index is 1.44. The average Bonchev–Trinajstić information content (AvgIpc) is 2.87. The van der Waals surface area contributed by atoms with Crippen molar-refractivity contribution in [3.63, 3.8) is 0 Å². The Morgan fingerprint density at radius 1 is 1.06 bits per heavy atom. The molecule has 174 valence electrons. The molecule has 34 heavy (non-hydrogen) atoms. The highest BCUT2D eigenvalue weighted by Gasteiger charge is 2.26. The van der Waals surface area contributed by atoms with E-state index in [0.29, 0.717) is 41.6 Å². The summed E-state index contributed by atoms with van der Waals surface area (Å²) in [4.78, 5) is 15.2. The Kier molecular flexibility index (Phi) is 6.31. The molecule has 0 saturated carbocycles. The van der Waals surface area contributed by atoms with Crippen molar-refractivity contribution in [1.82, 2.24) is 4.90 Å². The monoisotopic (exact) mass is 475 g/mol. The summed E-state index contributed by atoms with van der Waals surface area (Å²) in [5.41, 5.74) is 4.92. The molecular weight excluding hydrogens is 450 g/mol. The van der Waals surface area contributed by atoms with Crippen LogP contribution in [0, 0.1) is 6.92 Å². The number of nitrogens with zero attached hydrogens (tertiary/aromatic N) is 1. The van der Waals surface area contributed by atoms with Gasteiger partial charge in [0.05, 0.1) is 17.7 Å². The second-order valence-electron chi connectivity index (χ2n) is 8.62. The van der Waals surface area contributed by atoms with Gasteiger partial charge in [0.1, 0.15) is 23.8 Å². The molecule has 0 unspecified atom stereocenters. The van der Waals surface area contributed by atoms with Crippen LogP contribution < -0.4 is 15.1 Å². The number of benzene rings is 3. The van der Waals surface area contributed by atoms with Gasteiger partial charge in [-0.15, -0.1) is 0 Å². The number of hydrogen-bond donors (Lipinski definition) is 0. The van der Waals surface area contributed by atoms with E-state index in [1.807, 2.05) is 55.5 Å². The smallest absolute Gasteiger partial charge is 0.340 e. The fourth-order valence-electron chi connectivity index (χ4n) is 4.49. The minimum atomic E-state index is -0.311. The van der Waals surface area contributed by atoms with Gasteiger partial charge in [0.2, 0.25) is 0 Å². The van der Waals surface area contributed by atoms with Crippen LogP contribution in [0.25, 0.3) is 11.0 Å². The zero-order valence-corrected chi connectivity index (χ0v) is 20.0. The van der Waals surface area contributed by atoms with Crippen molar-refractivity contribution in [2.75, 3.05) is 20.4 Å². The van der Waals surface area contributed by atoms with Gasteiger partial charge >= 0.3 is 5.63 Å². The van der Waals surface area contributed by atoms with Gasteiger partial charge in [0.15, 0.2) is 0 Å². The number of rotatable bonds is 6. The van der Waals surface area contributed by atoms with Crippen molar-refractivity contribution in [3.8, 4) is 11.5 Å². The van der Waals surface area contributed by atoms with Crippen molar-refractivity contribution in [3.05, 3.63) is 104 Å². The highest BCUT2D eigenvalue weighted by Crippen LogP contribution is 2.39. The molecule has 0 bridgehead atoms. The van der Waals surface area contributed by atoms with E-state index in [-0.39, 0.29) is 5.63 Å². The van der Waals surface area contributed by atoms with Gasteiger partial charge < -0.3 is 13.9 Å². The van der Waals surface area contributed by atoms with Crippen LogP contribution in [-0.4, -0.2) is 25.3 Å². The quantitative estimate of drug-likeness (QED) is 0.332. The zero-order valence-electron chi connectivity index (χ0n) is 19.3. The second-order valence-corrected chi connectivity index (χ2v) is 9.03. The van der Waals surface area contributed by atoms with Crippen LogP contribution >= 0.6 is 11.6 Å². The summed E-state index contributed by atoms with van der Waals surface area (Å²) in [7, 11) is 1.66. The van der Waals surface area contributed by atoms with E-state index in [4.69, 9.17) is 25.5 Å². The third-order valence-electron chi connectivity index (χ3n) is 6.45. The van der Waals surface area contributed by atoms with Crippen LogP contribution in [-0.2, 0) is 19.4 Å². The lowest BCUT2D eigenvalue weighted by Crippen LogP contribution is -2.34. The second kappa shape index (κ2) is 9.53. The number of hydrogen-bond acceptors (Lipinski definition) is 5. The summed E-state index contributed by atoms with van der Waals surface area (Å²) in [6.07, 6.45) is 1.38. The summed E-state index contributed by atoms with van der Waals surface area (Å²) in [6.45, 7) is 3.80. The topological polar surface area (TPSA) is 51.9 Å². The number of methoxy groups -OCH3 is 1. The number of fused-ring (bicyclic) bond motifs is 3. The van der Waals surface area contributed by atoms with Crippen LogP contribution in [0.3, 0.4) is 0 Å². The molecule has 2 heterocycles. The maximum atomic E-state index is 13.0. The molecule has 0 aliphatic carbocycles. The lowest BCUT2D eigenvalue weighted by atomic mass is 9.97. The van der Waals surface area contributed by atoms with Gasteiger partial charge in [-0.3, -0.25) is 4.90 Å². The standard InChI is InChI=1S/C28H26ClNO4/c1-18-22-15-25(29)27-24(26(22)34-28(31)23(18)14-20-6-4-3-5-7-20)16-30(17-33-27)13-12-19-8-10-21(32-2)11-9-19/h3-11,15H,12-14,16-17H2,1-2H3. The Morgan fingerprint density at radius 2 is 1.82 bits per heavy atom. The van der Waals surface area contributed by atoms with E-state index in [9.17, 15) is 4.79 Å². The number of aryl methyl sites for hydroxylation is 1. The van der Waals surface area contributed by atoms with Crippen molar-refractivity contribution in [2.45, 2.75) is 26.3 Å². The molecule has 6 heteroatoms. The van der Waals surface area contributed by atoms with Crippen LogP contribution in [0.4, 0.5) is 0 Å². The van der Waals surface area contributed by atoms with Gasteiger partial charge in [-0.25, -0.2) is 4.79 Å². The Morgan fingerprint density at radius 3 is 2.56 bits per heavy atom. The number of halogens is 1. The zero-order chi connectivity index (χ0) is 23.7. The minimum absolute atomic E-state index is 0.311. The molecule has 5 rings (SSSR count). The molecule has 1 aliphatic rings. The summed E-state index contributed by atoms with van der Waals surface area (Å²) in [5, 5.41) is 1.40. The predicted molar refractivity (Wildman–Crippen MR) is 134 cm³/mol. The van der Waals surface area contributed by atoms with E-state index in [2.05, 4.69) is 17.0 Å². The van der Waals surface area contributed by atoms with E-state index < -0.39 is 0 Å². The number of ether oxygens (including phenoxy) is 2. The highest BCUT2D eigenvalue weighted by molar-refractivity contribution is 6.33. The van der Waals surface area contributed by atoms with Crippen LogP contribution in [0.5, 0.6) is 11.5 Å². The van der Waals surface area contributed by atoms with Crippen molar-refractivity contribution >= 4 is 22.6 Å². The fraction of sp³-hybridized carbons (Fsp3) is 0.250. The first kappa shape index (κ1) is 22.5. The molecule has 0 saturated heterocycles. The van der Waals surface area contributed by atoms with E-state index in [0.717, 1.165) is 40.8 Å². The normalized spacial score (nSPS) is 13.5. The Hall–Kier alpha value is -3.28. The lowest BCUT2D eigenvalue weighted by Gasteiger charge is -2.30. The molecule has 0 radical (unpaired) electrons. The maximum absolute atomic E-state index is 13.0. The molecule has 0 N–H and O–H groups in total. The van der Waals surface area contributed by atoms with Crippen molar-refractivity contribution < 1.29 is 13.9 Å². The first-order chi connectivity index (χ1) is 16.5. The molecule has 3 aromatic carbocycles. The Bertz CT molecular complexity index is 1380. The molecule has 1 aromatic heterocycles. The third kappa shape index (κ3) is 4.41. The molecule has 0 spiro atoms. The fourth-order valence-corrected chi connectivity index (χ4v) is 4.76. The van der Waals surface area contributed by atoms with Crippen molar-refractivity contribution in [2.24, 2.45) is 0 Å². The summed E-state index contributed by atoms with van der Waals surface area (Å²) in [6, 6.07) is 19.9. The average molecular weight is 476 g/mol. The molecule has 0 atom stereocenters. The minimum Gasteiger partial charge on any atom is -0.497 e. The first-order valence-electron chi connectivity index (χ1n) is 11.3. The van der Waals surface area contributed by atoms with Gasteiger partial charge in [0.25, 0.3) is 0 Å². The van der Waals surface area contributed by atoms with Crippen LogP contribution in [0.1, 0.15) is 27.8 Å². The molecule has 0 fully saturated rings.